The highest BCUT2D eigenvalue weighted by Crippen LogP contribution is 2.29. The lowest BCUT2D eigenvalue weighted by Gasteiger charge is -2.10. The van der Waals surface area contributed by atoms with E-state index in [1.807, 2.05) is 35.0 Å². The van der Waals surface area contributed by atoms with Crippen molar-refractivity contribution in [1.29, 1.82) is 0 Å². The molecule has 0 radical (unpaired) electrons. The van der Waals surface area contributed by atoms with Crippen LogP contribution in [0.4, 0.5) is 0 Å². The molecule has 3 aromatic rings. The number of rotatable bonds is 6. The van der Waals surface area contributed by atoms with Crippen molar-refractivity contribution in [2.75, 3.05) is 6.54 Å². The molecule has 1 aromatic heterocycles. The lowest BCUT2D eigenvalue weighted by molar-refractivity contribution is 0.665. The van der Waals surface area contributed by atoms with Crippen LogP contribution in [0.2, 0.25) is 5.02 Å². The van der Waals surface area contributed by atoms with Gasteiger partial charge in [-0.15, -0.1) is 6.58 Å². The second-order valence-corrected chi connectivity index (χ2v) is 7.90. The number of hydrogen-bond acceptors (Lipinski definition) is 3. The fraction of sp³-hybridized carbons (Fsp3) is 0.240. The lowest BCUT2D eigenvalue weighted by atomic mass is 9.96. The summed E-state index contributed by atoms with van der Waals surface area (Å²) in [5.41, 5.74) is 8.56. The zero-order valence-corrected chi connectivity index (χ0v) is 18.4. The Hall–Kier alpha value is -2.98. The molecule has 2 heterocycles. The minimum absolute atomic E-state index is 0.532. The van der Waals surface area contributed by atoms with Gasteiger partial charge in [0.1, 0.15) is 5.69 Å². The molecule has 4 nitrogen and oxygen atoms in total. The van der Waals surface area contributed by atoms with Gasteiger partial charge in [-0.2, -0.15) is 5.10 Å². The largest absolute Gasteiger partial charge is 0.264 e. The van der Waals surface area contributed by atoms with Crippen LogP contribution in [0.5, 0.6) is 0 Å². The first-order chi connectivity index (χ1) is 14.5. The van der Waals surface area contributed by atoms with Gasteiger partial charge in [-0.3, -0.25) is 9.67 Å². The second-order valence-electron chi connectivity index (χ2n) is 7.49. The maximum Gasteiger partial charge on any atom is 0.155 e. The summed E-state index contributed by atoms with van der Waals surface area (Å²) in [5.74, 6) is 0.770. The summed E-state index contributed by atoms with van der Waals surface area (Å²) in [7, 11) is 0. The molecule has 0 bridgehead atoms. The Bertz CT molecular complexity index is 1160. The van der Waals surface area contributed by atoms with E-state index < -0.39 is 0 Å². The number of aromatic nitrogens is 2. The lowest BCUT2D eigenvalue weighted by Crippen LogP contribution is -2.05. The Morgan fingerprint density at radius 1 is 1.13 bits per heavy atom. The summed E-state index contributed by atoms with van der Waals surface area (Å²) < 4.78 is 1.97. The summed E-state index contributed by atoms with van der Waals surface area (Å²) in [6.07, 6.45) is 2.82. The van der Waals surface area contributed by atoms with Crippen molar-refractivity contribution >= 4 is 23.1 Å². The Balaban J connectivity index is 1.67. The highest BCUT2D eigenvalue weighted by Gasteiger charge is 2.20. The van der Waals surface area contributed by atoms with Crippen LogP contribution >= 0.6 is 11.6 Å². The predicted octanol–water partition coefficient (Wildman–Crippen LogP) is 5.82. The van der Waals surface area contributed by atoms with Crippen molar-refractivity contribution in [2.24, 2.45) is 9.98 Å². The van der Waals surface area contributed by atoms with Gasteiger partial charge in [0.25, 0.3) is 0 Å². The fourth-order valence-electron chi connectivity index (χ4n) is 3.92. The van der Waals surface area contributed by atoms with Gasteiger partial charge in [-0.1, -0.05) is 35.9 Å². The zero-order chi connectivity index (χ0) is 21.3. The van der Waals surface area contributed by atoms with Crippen LogP contribution in [-0.2, 0) is 13.0 Å². The number of aliphatic imine (C=N–C) groups is 2. The molecular formula is C25H25ClN4. The van der Waals surface area contributed by atoms with Gasteiger partial charge in [-0.05, 0) is 68.1 Å². The van der Waals surface area contributed by atoms with E-state index in [1.165, 1.54) is 16.7 Å². The van der Waals surface area contributed by atoms with E-state index in [0.29, 0.717) is 6.54 Å². The van der Waals surface area contributed by atoms with Crippen molar-refractivity contribution in [3.63, 3.8) is 0 Å². The molecule has 30 heavy (non-hydrogen) atoms. The van der Waals surface area contributed by atoms with E-state index in [-0.39, 0.29) is 0 Å². The van der Waals surface area contributed by atoms with Crippen LogP contribution in [-0.4, -0.2) is 27.9 Å². The molecule has 0 aliphatic carbocycles. The maximum absolute atomic E-state index is 6.42. The van der Waals surface area contributed by atoms with E-state index in [9.17, 15) is 0 Å². The third-order valence-electron chi connectivity index (χ3n) is 5.45. The van der Waals surface area contributed by atoms with Gasteiger partial charge < -0.3 is 0 Å². The quantitative estimate of drug-likeness (QED) is 0.467. The van der Waals surface area contributed by atoms with Gasteiger partial charge in [0.15, 0.2) is 5.84 Å². The summed E-state index contributed by atoms with van der Waals surface area (Å²) in [6.45, 7) is 11.5. The van der Waals surface area contributed by atoms with Crippen molar-refractivity contribution in [3.8, 4) is 11.3 Å². The average molecular weight is 417 g/mol. The Kier molecular flexibility index (Phi) is 5.69. The van der Waals surface area contributed by atoms with Crippen LogP contribution in [0.25, 0.3) is 11.3 Å². The number of allylic oxidation sites excluding steroid dienone is 1. The molecule has 152 valence electrons. The number of benzene rings is 2. The van der Waals surface area contributed by atoms with Crippen LogP contribution < -0.4 is 0 Å². The van der Waals surface area contributed by atoms with Gasteiger partial charge in [0.05, 0.1) is 18.0 Å². The molecule has 5 heteroatoms. The third kappa shape index (κ3) is 3.75. The summed E-state index contributed by atoms with van der Waals surface area (Å²) in [5, 5.41) is 5.49. The van der Waals surface area contributed by atoms with Crippen LogP contribution in [0.1, 0.15) is 34.9 Å². The van der Waals surface area contributed by atoms with Crippen molar-refractivity contribution in [2.45, 2.75) is 33.7 Å². The van der Waals surface area contributed by atoms with E-state index in [1.54, 1.807) is 0 Å². The van der Waals surface area contributed by atoms with Crippen molar-refractivity contribution in [3.05, 3.63) is 88.1 Å². The number of amidine groups is 1. The van der Waals surface area contributed by atoms with E-state index in [0.717, 1.165) is 52.1 Å². The first kappa shape index (κ1) is 20.3. The first-order valence-corrected chi connectivity index (χ1v) is 10.6. The van der Waals surface area contributed by atoms with Crippen molar-refractivity contribution in [1.82, 2.24) is 9.78 Å². The van der Waals surface area contributed by atoms with Crippen LogP contribution in [0.15, 0.2) is 65.1 Å². The molecule has 2 aromatic carbocycles. The van der Waals surface area contributed by atoms with E-state index in [4.69, 9.17) is 26.7 Å². The van der Waals surface area contributed by atoms with Crippen LogP contribution in [0.3, 0.4) is 0 Å². The monoisotopic (exact) mass is 416 g/mol. The Labute approximate surface area is 182 Å². The minimum atomic E-state index is 0.532. The summed E-state index contributed by atoms with van der Waals surface area (Å²) in [6, 6.07) is 14.2. The second kappa shape index (κ2) is 8.41. The summed E-state index contributed by atoms with van der Waals surface area (Å²) in [4.78, 5) is 9.52. The molecule has 4 rings (SSSR count). The molecular weight excluding hydrogens is 392 g/mol. The highest BCUT2D eigenvalue weighted by molar-refractivity contribution is 6.33. The third-order valence-corrected chi connectivity index (χ3v) is 5.78. The number of halogens is 1. The Morgan fingerprint density at radius 3 is 2.53 bits per heavy atom. The van der Waals surface area contributed by atoms with Gasteiger partial charge in [0.2, 0.25) is 0 Å². The normalized spacial score (nSPS) is 13.3. The molecule has 0 spiro atoms. The number of hydrogen-bond donors (Lipinski definition) is 0. The molecule has 0 fully saturated rings. The maximum atomic E-state index is 6.42. The molecule has 0 atom stereocenters. The zero-order valence-electron chi connectivity index (χ0n) is 17.6. The predicted molar refractivity (Wildman–Crippen MR) is 126 cm³/mol. The molecule has 0 unspecified atom stereocenters. The van der Waals surface area contributed by atoms with Gasteiger partial charge in [0, 0.05) is 22.7 Å². The molecule has 1 aliphatic rings. The average Bonchev–Trinajstić information content (AvgIpc) is 3.38. The minimum Gasteiger partial charge on any atom is -0.264 e. The van der Waals surface area contributed by atoms with Crippen LogP contribution in [0, 0.1) is 13.8 Å². The molecule has 1 aliphatic heterocycles. The topological polar surface area (TPSA) is 42.5 Å². The first-order valence-electron chi connectivity index (χ1n) is 10.2. The highest BCUT2D eigenvalue weighted by atomic mass is 35.5. The molecule has 0 amide bonds. The number of nitrogens with zero attached hydrogens (tertiary/aromatic N) is 4. The van der Waals surface area contributed by atoms with Gasteiger partial charge >= 0.3 is 0 Å². The molecule has 0 saturated carbocycles. The van der Waals surface area contributed by atoms with Gasteiger partial charge in [-0.25, -0.2) is 4.99 Å². The molecule has 0 N–H and O–H groups in total. The van der Waals surface area contributed by atoms with Crippen molar-refractivity contribution < 1.29 is 0 Å². The SMILES string of the molecule is C=CCc1c(C)cc(C2=NCC(c3cc(-c4ccccc4Cl)n(CC)n3)=N2)cc1C. The Morgan fingerprint density at radius 2 is 1.87 bits per heavy atom. The van der Waals surface area contributed by atoms with E-state index in [2.05, 4.69) is 45.5 Å². The fourth-order valence-corrected chi connectivity index (χ4v) is 4.15. The summed E-state index contributed by atoms with van der Waals surface area (Å²) >= 11 is 6.42. The standard InChI is InChI=1S/C25H25ClN4/c1-5-9-19-16(3)12-18(13-17(19)4)25-27-15-23(28-25)22-14-24(30(6-2)29-22)20-10-7-8-11-21(20)26/h5,7-8,10-14H,1,6,9,15H2,2-4H3. The smallest absolute Gasteiger partial charge is 0.155 e. The van der Waals surface area contributed by atoms with E-state index >= 15 is 0 Å². The number of aryl methyl sites for hydroxylation is 3. The molecule has 0 saturated heterocycles.